The van der Waals surface area contributed by atoms with Gasteiger partial charge in [0.25, 0.3) is 0 Å². The summed E-state index contributed by atoms with van der Waals surface area (Å²) in [6.07, 6.45) is 6.27. The molecule has 0 bridgehead atoms. The molecule has 6 heteroatoms. The molecule has 0 aliphatic carbocycles. The van der Waals surface area contributed by atoms with Gasteiger partial charge in [-0.25, -0.2) is 0 Å². The molecule has 2 saturated heterocycles. The van der Waals surface area contributed by atoms with Gasteiger partial charge in [0.1, 0.15) is 5.75 Å². The van der Waals surface area contributed by atoms with Gasteiger partial charge in [0.05, 0.1) is 20.3 Å². The summed E-state index contributed by atoms with van der Waals surface area (Å²) in [5.41, 5.74) is 2.05. The van der Waals surface area contributed by atoms with Crippen LogP contribution in [0.25, 0.3) is 0 Å². The maximum absolute atomic E-state index is 5.89. The van der Waals surface area contributed by atoms with Crippen molar-refractivity contribution in [1.29, 1.82) is 0 Å². The zero-order chi connectivity index (χ0) is 17.5. The Balaban J connectivity index is 1.58. The highest BCUT2D eigenvalue weighted by Gasteiger charge is 2.18. The maximum Gasteiger partial charge on any atom is 0.158 e. The van der Waals surface area contributed by atoms with Crippen LogP contribution in [0.5, 0.6) is 5.75 Å². The summed E-state index contributed by atoms with van der Waals surface area (Å²) in [6, 6.07) is 4.05. The molecule has 25 heavy (non-hydrogen) atoms. The molecule has 140 valence electrons. The zero-order valence-corrected chi connectivity index (χ0v) is 16.4. The average molecular weight is 415 g/mol. The standard InChI is InChI=1S/C19H27BrO5/c1-21-17-11-14(12-24-18-6-2-4-8-22-18)16(20)10-15(17)13-25-19-7-3-5-9-23-19/h10-11,18-19H,2-9,12-13H2,1H3. The number of rotatable bonds is 7. The molecular weight excluding hydrogens is 388 g/mol. The van der Waals surface area contributed by atoms with Gasteiger partial charge in [0, 0.05) is 23.2 Å². The van der Waals surface area contributed by atoms with Crippen molar-refractivity contribution in [3.05, 3.63) is 27.7 Å². The third-order valence-electron chi connectivity index (χ3n) is 4.57. The van der Waals surface area contributed by atoms with E-state index >= 15 is 0 Å². The lowest BCUT2D eigenvalue weighted by atomic mass is 10.1. The number of ether oxygens (including phenoxy) is 5. The van der Waals surface area contributed by atoms with Crippen molar-refractivity contribution in [2.24, 2.45) is 0 Å². The van der Waals surface area contributed by atoms with Gasteiger partial charge < -0.3 is 23.7 Å². The van der Waals surface area contributed by atoms with Crippen LogP contribution in [0.2, 0.25) is 0 Å². The lowest BCUT2D eigenvalue weighted by Gasteiger charge is -2.24. The highest BCUT2D eigenvalue weighted by Crippen LogP contribution is 2.30. The molecule has 0 saturated carbocycles. The summed E-state index contributed by atoms with van der Waals surface area (Å²) in [5.74, 6) is 0.808. The van der Waals surface area contributed by atoms with Crippen molar-refractivity contribution < 1.29 is 23.7 Å². The summed E-state index contributed by atoms with van der Waals surface area (Å²) in [7, 11) is 1.68. The van der Waals surface area contributed by atoms with Crippen LogP contribution >= 0.6 is 15.9 Å². The Morgan fingerprint density at radius 2 is 1.52 bits per heavy atom. The summed E-state index contributed by atoms with van der Waals surface area (Å²) in [5, 5.41) is 0. The first-order valence-corrected chi connectivity index (χ1v) is 9.87. The Kier molecular flexibility index (Phi) is 7.55. The molecular formula is C19H27BrO5. The van der Waals surface area contributed by atoms with E-state index in [1.165, 1.54) is 0 Å². The van der Waals surface area contributed by atoms with E-state index in [1.807, 2.05) is 12.1 Å². The van der Waals surface area contributed by atoms with E-state index in [0.717, 1.165) is 73.1 Å². The molecule has 0 spiro atoms. The third-order valence-corrected chi connectivity index (χ3v) is 5.31. The number of benzene rings is 1. The molecule has 0 aromatic heterocycles. The first-order valence-electron chi connectivity index (χ1n) is 9.08. The fraction of sp³-hybridized carbons (Fsp3) is 0.684. The van der Waals surface area contributed by atoms with Crippen LogP contribution in [0.15, 0.2) is 16.6 Å². The topological polar surface area (TPSA) is 46.2 Å². The molecule has 5 nitrogen and oxygen atoms in total. The van der Waals surface area contributed by atoms with Crippen LogP contribution in [0.1, 0.15) is 49.7 Å². The summed E-state index contributed by atoms with van der Waals surface area (Å²) < 4.78 is 29.6. The van der Waals surface area contributed by atoms with Gasteiger partial charge in [0.2, 0.25) is 0 Å². The highest BCUT2D eigenvalue weighted by atomic mass is 79.9. The summed E-state index contributed by atoms with van der Waals surface area (Å²) >= 11 is 3.64. The maximum atomic E-state index is 5.89. The molecule has 2 atom stereocenters. The molecule has 1 aromatic rings. The minimum Gasteiger partial charge on any atom is -0.496 e. The Morgan fingerprint density at radius 1 is 0.920 bits per heavy atom. The molecule has 2 aliphatic heterocycles. The molecule has 1 aromatic carbocycles. The smallest absolute Gasteiger partial charge is 0.158 e. The fourth-order valence-corrected chi connectivity index (χ4v) is 3.61. The second-order valence-corrected chi connectivity index (χ2v) is 7.32. The summed E-state index contributed by atoms with van der Waals surface area (Å²) in [6.45, 7) is 2.54. The van der Waals surface area contributed by atoms with E-state index in [4.69, 9.17) is 23.7 Å². The number of methoxy groups -OCH3 is 1. The van der Waals surface area contributed by atoms with E-state index in [1.54, 1.807) is 7.11 Å². The minimum atomic E-state index is -0.108. The molecule has 2 aliphatic rings. The van der Waals surface area contributed by atoms with Gasteiger partial charge in [-0.2, -0.15) is 0 Å². The normalized spacial score (nSPS) is 24.2. The van der Waals surface area contributed by atoms with Crippen molar-refractivity contribution in [3.8, 4) is 5.75 Å². The van der Waals surface area contributed by atoms with Crippen LogP contribution in [0, 0.1) is 0 Å². The first-order chi connectivity index (χ1) is 12.3. The minimum absolute atomic E-state index is 0.0990. The molecule has 3 rings (SSSR count). The third kappa shape index (κ3) is 5.66. The van der Waals surface area contributed by atoms with Crippen LogP contribution in [0.3, 0.4) is 0 Å². The monoisotopic (exact) mass is 414 g/mol. The van der Waals surface area contributed by atoms with E-state index in [9.17, 15) is 0 Å². The fourth-order valence-electron chi connectivity index (χ4n) is 3.10. The number of hydrogen-bond donors (Lipinski definition) is 0. The Labute approximate surface area is 158 Å². The predicted molar refractivity (Wildman–Crippen MR) is 97.5 cm³/mol. The number of halogens is 1. The quantitative estimate of drug-likeness (QED) is 0.654. The van der Waals surface area contributed by atoms with Crippen molar-refractivity contribution >= 4 is 15.9 Å². The van der Waals surface area contributed by atoms with Crippen LogP contribution in [-0.4, -0.2) is 32.9 Å². The first kappa shape index (κ1) is 19.1. The molecule has 2 fully saturated rings. The molecule has 2 unspecified atom stereocenters. The Bertz CT molecular complexity index is 539. The van der Waals surface area contributed by atoms with Gasteiger partial charge in [-0.1, -0.05) is 15.9 Å². The lowest BCUT2D eigenvalue weighted by Crippen LogP contribution is -2.22. The van der Waals surface area contributed by atoms with Crippen LogP contribution < -0.4 is 4.74 Å². The van der Waals surface area contributed by atoms with Gasteiger partial charge in [-0.3, -0.25) is 0 Å². The zero-order valence-electron chi connectivity index (χ0n) is 14.8. The van der Waals surface area contributed by atoms with Gasteiger partial charge in [-0.05, 0) is 56.2 Å². The van der Waals surface area contributed by atoms with Crippen LogP contribution in [-0.2, 0) is 32.2 Å². The van der Waals surface area contributed by atoms with E-state index < -0.39 is 0 Å². The molecule has 2 heterocycles. The Hall–Kier alpha value is -0.660. The van der Waals surface area contributed by atoms with E-state index in [2.05, 4.69) is 15.9 Å². The average Bonchev–Trinajstić information content (AvgIpc) is 2.67. The molecule has 0 radical (unpaired) electrons. The van der Waals surface area contributed by atoms with Gasteiger partial charge in [-0.15, -0.1) is 0 Å². The Morgan fingerprint density at radius 3 is 2.04 bits per heavy atom. The summed E-state index contributed by atoms with van der Waals surface area (Å²) in [4.78, 5) is 0. The SMILES string of the molecule is COc1cc(COC2CCCCO2)c(Br)cc1COC1CCCCO1. The second kappa shape index (κ2) is 9.88. The largest absolute Gasteiger partial charge is 0.496 e. The molecule has 0 N–H and O–H groups in total. The van der Waals surface area contributed by atoms with Crippen molar-refractivity contribution in [3.63, 3.8) is 0 Å². The van der Waals surface area contributed by atoms with Gasteiger partial charge in [0.15, 0.2) is 12.6 Å². The number of hydrogen-bond acceptors (Lipinski definition) is 5. The van der Waals surface area contributed by atoms with E-state index in [-0.39, 0.29) is 12.6 Å². The lowest BCUT2D eigenvalue weighted by molar-refractivity contribution is -0.169. The van der Waals surface area contributed by atoms with Crippen molar-refractivity contribution in [1.82, 2.24) is 0 Å². The van der Waals surface area contributed by atoms with Crippen molar-refractivity contribution in [2.75, 3.05) is 20.3 Å². The molecule has 0 amide bonds. The van der Waals surface area contributed by atoms with Crippen molar-refractivity contribution in [2.45, 2.75) is 64.3 Å². The highest BCUT2D eigenvalue weighted by molar-refractivity contribution is 9.10. The van der Waals surface area contributed by atoms with Crippen LogP contribution in [0.4, 0.5) is 0 Å². The predicted octanol–water partition coefficient (Wildman–Crippen LogP) is 4.54. The van der Waals surface area contributed by atoms with Gasteiger partial charge >= 0.3 is 0 Å². The van der Waals surface area contributed by atoms with E-state index in [0.29, 0.717) is 13.2 Å². The second-order valence-electron chi connectivity index (χ2n) is 6.47.